The molecule has 1 heterocycles. The van der Waals surface area contributed by atoms with E-state index >= 15 is 0 Å². The molecule has 0 aliphatic heterocycles. The van der Waals surface area contributed by atoms with Gasteiger partial charge in [0.05, 0.1) is 11.7 Å². The standard InChI is InChI=1S/C12H14N2O2/c1-12(2,11(15)14-13)9-7-16-10-6-4-3-5-8(9)10/h3-7H,13H2,1-2H3,(H,14,15). The summed E-state index contributed by atoms with van der Waals surface area (Å²) in [6.45, 7) is 3.62. The van der Waals surface area contributed by atoms with Crippen LogP contribution in [-0.4, -0.2) is 5.91 Å². The summed E-state index contributed by atoms with van der Waals surface area (Å²) in [6.07, 6.45) is 1.61. The molecule has 2 rings (SSSR count). The number of hydrogen-bond donors (Lipinski definition) is 2. The molecule has 0 bridgehead atoms. The summed E-state index contributed by atoms with van der Waals surface area (Å²) >= 11 is 0. The molecule has 0 saturated carbocycles. The molecule has 4 nitrogen and oxygen atoms in total. The zero-order valence-electron chi connectivity index (χ0n) is 9.28. The molecule has 1 aromatic carbocycles. The van der Waals surface area contributed by atoms with Crippen LogP contribution in [0.3, 0.4) is 0 Å². The van der Waals surface area contributed by atoms with E-state index in [9.17, 15) is 4.79 Å². The van der Waals surface area contributed by atoms with Gasteiger partial charge in [-0.1, -0.05) is 18.2 Å². The molecular weight excluding hydrogens is 204 g/mol. The summed E-state index contributed by atoms with van der Waals surface area (Å²) < 4.78 is 5.41. The van der Waals surface area contributed by atoms with Crippen molar-refractivity contribution in [1.82, 2.24) is 5.43 Å². The molecule has 1 aromatic heterocycles. The summed E-state index contributed by atoms with van der Waals surface area (Å²) in [4.78, 5) is 11.7. The molecule has 2 aromatic rings. The maximum absolute atomic E-state index is 11.7. The van der Waals surface area contributed by atoms with Gasteiger partial charge in [-0.2, -0.15) is 0 Å². The van der Waals surface area contributed by atoms with E-state index in [1.54, 1.807) is 6.26 Å². The molecule has 0 spiro atoms. The van der Waals surface area contributed by atoms with Crippen LogP contribution in [0.5, 0.6) is 0 Å². The number of hydrazine groups is 1. The van der Waals surface area contributed by atoms with Crippen molar-refractivity contribution in [3.05, 3.63) is 36.1 Å². The minimum atomic E-state index is -0.707. The fraction of sp³-hybridized carbons (Fsp3) is 0.250. The van der Waals surface area contributed by atoms with E-state index in [1.807, 2.05) is 38.1 Å². The first-order valence-corrected chi connectivity index (χ1v) is 5.05. The first-order valence-electron chi connectivity index (χ1n) is 5.05. The molecule has 0 radical (unpaired) electrons. The molecule has 0 fully saturated rings. The Balaban J connectivity index is 2.59. The van der Waals surface area contributed by atoms with Gasteiger partial charge in [-0.3, -0.25) is 10.2 Å². The average molecular weight is 218 g/mol. The van der Waals surface area contributed by atoms with Crippen molar-refractivity contribution in [2.45, 2.75) is 19.3 Å². The van der Waals surface area contributed by atoms with E-state index < -0.39 is 5.41 Å². The fourth-order valence-corrected chi connectivity index (χ4v) is 1.76. The van der Waals surface area contributed by atoms with Crippen LogP contribution in [0.1, 0.15) is 19.4 Å². The molecule has 3 N–H and O–H groups in total. The largest absolute Gasteiger partial charge is 0.464 e. The number of nitrogens with two attached hydrogens (primary N) is 1. The molecule has 0 aliphatic rings. The Hall–Kier alpha value is -1.81. The summed E-state index contributed by atoms with van der Waals surface area (Å²) in [6, 6.07) is 7.61. The Labute approximate surface area is 93.4 Å². The highest BCUT2D eigenvalue weighted by Gasteiger charge is 2.32. The Bertz CT molecular complexity index is 529. The molecular formula is C12H14N2O2. The van der Waals surface area contributed by atoms with Gasteiger partial charge in [0.1, 0.15) is 5.58 Å². The molecule has 0 unspecified atom stereocenters. The number of para-hydroxylation sites is 1. The van der Waals surface area contributed by atoms with E-state index in [2.05, 4.69) is 5.43 Å². The first-order chi connectivity index (χ1) is 7.57. The highest BCUT2D eigenvalue weighted by molar-refractivity contribution is 5.93. The smallest absolute Gasteiger partial charge is 0.244 e. The van der Waals surface area contributed by atoms with Crippen LogP contribution in [0.25, 0.3) is 11.0 Å². The second kappa shape index (κ2) is 3.64. The third-order valence-electron chi connectivity index (χ3n) is 2.85. The minimum absolute atomic E-state index is 0.237. The maximum atomic E-state index is 11.7. The van der Waals surface area contributed by atoms with Crippen molar-refractivity contribution in [2.75, 3.05) is 0 Å². The molecule has 0 atom stereocenters. The van der Waals surface area contributed by atoms with Crippen LogP contribution in [0, 0.1) is 0 Å². The fourth-order valence-electron chi connectivity index (χ4n) is 1.76. The predicted molar refractivity (Wildman–Crippen MR) is 61.6 cm³/mol. The van der Waals surface area contributed by atoms with Crippen molar-refractivity contribution >= 4 is 16.9 Å². The normalized spacial score (nSPS) is 11.7. The van der Waals surface area contributed by atoms with Crippen molar-refractivity contribution in [3.8, 4) is 0 Å². The summed E-state index contributed by atoms with van der Waals surface area (Å²) in [5, 5.41) is 0.941. The van der Waals surface area contributed by atoms with Crippen molar-refractivity contribution in [1.29, 1.82) is 0 Å². The topological polar surface area (TPSA) is 68.3 Å². The number of nitrogens with one attached hydrogen (secondary N) is 1. The van der Waals surface area contributed by atoms with Crippen molar-refractivity contribution < 1.29 is 9.21 Å². The van der Waals surface area contributed by atoms with E-state index in [-0.39, 0.29) is 5.91 Å². The quantitative estimate of drug-likeness (QED) is 0.458. The summed E-state index contributed by atoms with van der Waals surface area (Å²) in [5.74, 6) is 4.94. The van der Waals surface area contributed by atoms with Crippen LogP contribution in [0.15, 0.2) is 34.9 Å². The van der Waals surface area contributed by atoms with Gasteiger partial charge >= 0.3 is 0 Å². The SMILES string of the molecule is CC(C)(C(=O)NN)c1coc2ccccc12. The third kappa shape index (κ3) is 1.47. The lowest BCUT2D eigenvalue weighted by atomic mass is 9.84. The van der Waals surface area contributed by atoms with E-state index in [1.165, 1.54) is 0 Å². The lowest BCUT2D eigenvalue weighted by molar-refractivity contribution is -0.125. The summed E-state index contributed by atoms with van der Waals surface area (Å²) in [5.41, 5.74) is 3.08. The van der Waals surface area contributed by atoms with Gasteiger partial charge in [-0.05, 0) is 19.9 Å². The van der Waals surface area contributed by atoms with Gasteiger partial charge in [-0.15, -0.1) is 0 Å². The van der Waals surface area contributed by atoms with Gasteiger partial charge in [0.25, 0.3) is 0 Å². The van der Waals surface area contributed by atoms with Gasteiger partial charge < -0.3 is 4.42 Å². The number of carbonyl (C=O) groups is 1. The van der Waals surface area contributed by atoms with Gasteiger partial charge in [0.15, 0.2) is 0 Å². The number of furan rings is 1. The number of hydrogen-bond acceptors (Lipinski definition) is 3. The molecule has 4 heteroatoms. The average Bonchev–Trinajstić information content (AvgIpc) is 2.72. The number of fused-ring (bicyclic) bond motifs is 1. The molecule has 0 aliphatic carbocycles. The van der Waals surface area contributed by atoms with Gasteiger partial charge in [-0.25, -0.2) is 5.84 Å². The van der Waals surface area contributed by atoms with E-state index in [0.29, 0.717) is 0 Å². The van der Waals surface area contributed by atoms with Crippen LogP contribution < -0.4 is 11.3 Å². The lowest BCUT2D eigenvalue weighted by Crippen LogP contribution is -2.43. The molecule has 84 valence electrons. The van der Waals surface area contributed by atoms with Gasteiger partial charge in [0, 0.05) is 10.9 Å². The number of carbonyl (C=O) groups excluding carboxylic acids is 1. The second-order valence-electron chi connectivity index (χ2n) is 4.24. The zero-order chi connectivity index (χ0) is 11.8. The molecule has 16 heavy (non-hydrogen) atoms. The number of amides is 1. The van der Waals surface area contributed by atoms with E-state index in [4.69, 9.17) is 10.3 Å². The minimum Gasteiger partial charge on any atom is -0.464 e. The number of benzene rings is 1. The molecule has 1 amide bonds. The highest BCUT2D eigenvalue weighted by atomic mass is 16.3. The zero-order valence-corrected chi connectivity index (χ0v) is 9.28. The highest BCUT2D eigenvalue weighted by Crippen LogP contribution is 2.31. The third-order valence-corrected chi connectivity index (χ3v) is 2.85. The monoisotopic (exact) mass is 218 g/mol. The van der Waals surface area contributed by atoms with Crippen LogP contribution in [-0.2, 0) is 10.2 Å². The first kappa shape index (κ1) is 10.7. The number of rotatable bonds is 2. The van der Waals surface area contributed by atoms with Crippen LogP contribution in [0.2, 0.25) is 0 Å². The van der Waals surface area contributed by atoms with Crippen molar-refractivity contribution in [3.63, 3.8) is 0 Å². The second-order valence-corrected chi connectivity index (χ2v) is 4.24. The van der Waals surface area contributed by atoms with Gasteiger partial charge in [0.2, 0.25) is 5.91 Å². The summed E-state index contributed by atoms with van der Waals surface area (Å²) in [7, 11) is 0. The van der Waals surface area contributed by atoms with Crippen LogP contribution in [0.4, 0.5) is 0 Å². The lowest BCUT2D eigenvalue weighted by Gasteiger charge is -2.21. The van der Waals surface area contributed by atoms with Crippen molar-refractivity contribution in [2.24, 2.45) is 5.84 Å². The Morgan fingerprint density at radius 2 is 2.06 bits per heavy atom. The Morgan fingerprint density at radius 3 is 2.75 bits per heavy atom. The maximum Gasteiger partial charge on any atom is 0.244 e. The van der Waals surface area contributed by atoms with E-state index in [0.717, 1.165) is 16.5 Å². The predicted octanol–water partition coefficient (Wildman–Crippen LogP) is 1.70. The van der Waals surface area contributed by atoms with Crippen LogP contribution >= 0.6 is 0 Å². The Kier molecular flexibility index (Phi) is 2.44. The Morgan fingerprint density at radius 1 is 1.38 bits per heavy atom. The molecule has 0 saturated heterocycles.